The van der Waals surface area contributed by atoms with E-state index >= 15 is 0 Å². The van der Waals surface area contributed by atoms with Gasteiger partial charge >= 0.3 is 0 Å². The molecule has 0 aliphatic heterocycles. The minimum atomic E-state index is -0.834. The number of nitrogens with zero attached hydrogens (tertiary/aromatic N) is 2. The van der Waals surface area contributed by atoms with Crippen LogP contribution in [0.1, 0.15) is 26.0 Å². The molecule has 0 aromatic carbocycles. The van der Waals surface area contributed by atoms with Crippen LogP contribution in [0.15, 0.2) is 6.07 Å². The van der Waals surface area contributed by atoms with E-state index in [2.05, 4.69) is 15.3 Å². The molecule has 0 aliphatic carbocycles. The summed E-state index contributed by atoms with van der Waals surface area (Å²) in [5.41, 5.74) is 0.850. The molecule has 0 saturated heterocycles. The summed E-state index contributed by atoms with van der Waals surface area (Å²) in [5.74, 6) is 1.68. The van der Waals surface area contributed by atoms with E-state index in [1.807, 2.05) is 26.8 Å². The molecule has 0 aliphatic rings. The van der Waals surface area contributed by atoms with Gasteiger partial charge in [0.1, 0.15) is 0 Å². The van der Waals surface area contributed by atoms with Gasteiger partial charge in [0.2, 0.25) is 11.8 Å². The lowest BCUT2D eigenvalue weighted by molar-refractivity contribution is 0.305. The van der Waals surface area contributed by atoms with E-state index in [0.29, 0.717) is 24.2 Å². The molecule has 0 spiro atoms. The van der Waals surface area contributed by atoms with Gasteiger partial charge in [0.05, 0.1) is 6.61 Å². The number of aryl methyl sites for hydroxylation is 1. The normalized spacial score (nSPS) is 14.0. The van der Waals surface area contributed by atoms with Gasteiger partial charge in [-0.25, -0.2) is 4.98 Å². The molecular weight excluding hydrogens is 250 g/mol. The average Bonchev–Trinajstić information content (AvgIpc) is 2.24. The zero-order valence-corrected chi connectivity index (χ0v) is 12.2. The second kappa shape index (κ2) is 7.31. The topological polar surface area (TPSA) is 64.1 Å². The number of hydrogen-bond donors (Lipinski definition) is 1. The van der Waals surface area contributed by atoms with Crippen molar-refractivity contribution < 1.29 is 8.95 Å². The monoisotopic (exact) mass is 271 g/mol. The molecule has 0 amide bonds. The number of hydrogen-bond acceptors (Lipinski definition) is 5. The molecule has 1 heterocycles. The lowest BCUT2D eigenvalue weighted by atomic mass is 10.4. The van der Waals surface area contributed by atoms with E-state index < -0.39 is 10.8 Å². The Balaban J connectivity index is 2.69. The van der Waals surface area contributed by atoms with E-state index in [-0.39, 0.29) is 6.04 Å². The Hall–Kier alpha value is -1.17. The molecule has 6 heteroatoms. The summed E-state index contributed by atoms with van der Waals surface area (Å²) in [6.07, 6.45) is 2.63. The lowest BCUT2D eigenvalue weighted by Gasteiger charge is -2.13. The summed E-state index contributed by atoms with van der Waals surface area (Å²) in [7, 11) is -0.834. The van der Waals surface area contributed by atoms with Crippen molar-refractivity contribution in [3.05, 3.63) is 11.8 Å². The van der Waals surface area contributed by atoms with E-state index in [9.17, 15) is 4.21 Å². The fraction of sp³-hybridized carbons (Fsp3) is 0.667. The average molecular weight is 271 g/mol. The molecule has 0 fully saturated rings. The van der Waals surface area contributed by atoms with Gasteiger partial charge in [-0.15, -0.1) is 0 Å². The highest BCUT2D eigenvalue weighted by atomic mass is 32.2. The van der Waals surface area contributed by atoms with Gasteiger partial charge < -0.3 is 10.1 Å². The Bertz CT molecular complexity index is 412. The fourth-order valence-electron chi connectivity index (χ4n) is 1.50. The van der Waals surface area contributed by atoms with Gasteiger partial charge in [0.15, 0.2) is 0 Å². The van der Waals surface area contributed by atoms with Gasteiger partial charge in [0, 0.05) is 40.6 Å². The van der Waals surface area contributed by atoms with E-state index in [1.54, 1.807) is 6.26 Å². The summed E-state index contributed by atoms with van der Waals surface area (Å²) in [6.45, 7) is 6.55. The van der Waals surface area contributed by atoms with Crippen LogP contribution in [-0.2, 0) is 10.8 Å². The largest absolute Gasteiger partial charge is 0.478 e. The number of nitrogens with one attached hydrogen (secondary N) is 1. The maximum absolute atomic E-state index is 11.1. The quantitative estimate of drug-likeness (QED) is 0.818. The zero-order valence-electron chi connectivity index (χ0n) is 11.4. The molecule has 5 nitrogen and oxygen atoms in total. The van der Waals surface area contributed by atoms with Crippen LogP contribution < -0.4 is 10.1 Å². The highest BCUT2D eigenvalue weighted by Crippen LogP contribution is 2.13. The molecule has 1 rings (SSSR count). The van der Waals surface area contributed by atoms with Crippen molar-refractivity contribution in [3.8, 4) is 5.88 Å². The summed E-state index contributed by atoms with van der Waals surface area (Å²) in [6, 6.07) is 1.88. The predicted octanol–water partition coefficient (Wildman–Crippen LogP) is 1.75. The summed E-state index contributed by atoms with van der Waals surface area (Å²) < 4.78 is 16.6. The maximum atomic E-state index is 11.1. The summed E-state index contributed by atoms with van der Waals surface area (Å²) in [4.78, 5) is 8.56. The fourth-order valence-corrected chi connectivity index (χ4v) is 2.29. The first-order valence-corrected chi connectivity index (χ1v) is 7.79. The van der Waals surface area contributed by atoms with Crippen molar-refractivity contribution in [2.24, 2.45) is 0 Å². The van der Waals surface area contributed by atoms with Gasteiger partial charge in [-0.2, -0.15) is 4.98 Å². The van der Waals surface area contributed by atoms with Gasteiger partial charge in [-0.1, -0.05) is 6.92 Å². The molecule has 1 aromatic rings. The molecule has 0 saturated carbocycles. The smallest absolute Gasteiger partial charge is 0.226 e. The van der Waals surface area contributed by atoms with E-state index in [4.69, 9.17) is 4.74 Å². The minimum Gasteiger partial charge on any atom is -0.478 e. The first-order chi connectivity index (χ1) is 8.51. The zero-order chi connectivity index (χ0) is 13.5. The Labute approximate surface area is 111 Å². The standard InChI is InChI=1S/C12H21N3O2S/c1-5-6-17-11-7-9(2)13-12(15-11)14-10(3)8-18(4)16/h7,10H,5-6,8H2,1-4H3,(H,13,14,15). The molecular formula is C12H21N3O2S. The molecule has 0 radical (unpaired) electrons. The van der Waals surface area contributed by atoms with Crippen LogP contribution in [0.25, 0.3) is 0 Å². The van der Waals surface area contributed by atoms with Crippen LogP contribution in [0.2, 0.25) is 0 Å². The number of anilines is 1. The molecule has 2 unspecified atom stereocenters. The molecule has 18 heavy (non-hydrogen) atoms. The Morgan fingerprint density at radius 2 is 2.22 bits per heavy atom. The Kier molecular flexibility index (Phi) is 6.04. The van der Waals surface area contributed by atoms with Crippen molar-refractivity contribution >= 4 is 16.7 Å². The van der Waals surface area contributed by atoms with Gasteiger partial charge in [0.25, 0.3) is 0 Å². The third-order valence-electron chi connectivity index (χ3n) is 2.14. The van der Waals surface area contributed by atoms with Crippen LogP contribution in [0.3, 0.4) is 0 Å². The number of aromatic nitrogens is 2. The molecule has 102 valence electrons. The highest BCUT2D eigenvalue weighted by molar-refractivity contribution is 7.84. The van der Waals surface area contributed by atoms with Crippen molar-refractivity contribution in [1.29, 1.82) is 0 Å². The van der Waals surface area contributed by atoms with Crippen LogP contribution in [0.4, 0.5) is 5.95 Å². The molecule has 2 atom stereocenters. The number of rotatable bonds is 7. The van der Waals surface area contributed by atoms with Crippen LogP contribution in [-0.4, -0.2) is 38.8 Å². The second-order valence-corrected chi connectivity index (χ2v) is 5.78. The molecule has 1 N–H and O–H groups in total. The SMILES string of the molecule is CCCOc1cc(C)nc(NC(C)CS(C)=O)n1. The van der Waals surface area contributed by atoms with Crippen LogP contribution in [0.5, 0.6) is 5.88 Å². The van der Waals surface area contributed by atoms with Crippen LogP contribution >= 0.6 is 0 Å². The number of ether oxygens (including phenoxy) is 1. The minimum absolute atomic E-state index is 0.0664. The van der Waals surface area contributed by atoms with Crippen molar-refractivity contribution in [2.45, 2.75) is 33.2 Å². The van der Waals surface area contributed by atoms with Gasteiger partial charge in [-0.3, -0.25) is 4.21 Å². The molecule has 0 bridgehead atoms. The van der Waals surface area contributed by atoms with Crippen LogP contribution in [0, 0.1) is 6.92 Å². The second-order valence-electron chi connectivity index (χ2n) is 4.30. The first-order valence-electron chi connectivity index (χ1n) is 6.06. The van der Waals surface area contributed by atoms with Crippen molar-refractivity contribution in [3.63, 3.8) is 0 Å². The Morgan fingerprint density at radius 3 is 2.83 bits per heavy atom. The van der Waals surface area contributed by atoms with Gasteiger partial charge in [-0.05, 0) is 20.3 Å². The third kappa shape index (κ3) is 5.44. The summed E-state index contributed by atoms with van der Waals surface area (Å²) in [5, 5.41) is 3.14. The predicted molar refractivity (Wildman–Crippen MR) is 74.6 cm³/mol. The van der Waals surface area contributed by atoms with E-state index in [0.717, 1.165) is 12.1 Å². The highest BCUT2D eigenvalue weighted by Gasteiger charge is 2.08. The summed E-state index contributed by atoms with van der Waals surface area (Å²) >= 11 is 0. The Morgan fingerprint density at radius 1 is 1.50 bits per heavy atom. The molecule has 1 aromatic heterocycles. The lowest BCUT2D eigenvalue weighted by Crippen LogP contribution is -2.23. The maximum Gasteiger partial charge on any atom is 0.226 e. The van der Waals surface area contributed by atoms with E-state index in [1.165, 1.54) is 0 Å². The van der Waals surface area contributed by atoms with Crippen molar-refractivity contribution in [2.75, 3.05) is 23.9 Å². The van der Waals surface area contributed by atoms with Crippen molar-refractivity contribution in [1.82, 2.24) is 9.97 Å². The first kappa shape index (κ1) is 14.9. The third-order valence-corrected chi connectivity index (χ3v) is 3.11.